The van der Waals surface area contributed by atoms with Crippen molar-refractivity contribution in [2.75, 3.05) is 0 Å². The molecule has 14 heavy (non-hydrogen) atoms. The number of carbonyl (C=O) groups excluding carboxylic acids is 1. The predicted octanol–water partition coefficient (Wildman–Crippen LogP) is 2.06. The van der Waals surface area contributed by atoms with E-state index in [0.29, 0.717) is 0 Å². The minimum absolute atomic E-state index is 0.0371. The van der Waals surface area contributed by atoms with Crippen LogP contribution in [0.2, 0.25) is 0 Å². The molecule has 0 bridgehead atoms. The Morgan fingerprint density at radius 1 is 1.36 bits per heavy atom. The van der Waals surface area contributed by atoms with Crippen molar-refractivity contribution in [3.63, 3.8) is 0 Å². The van der Waals surface area contributed by atoms with E-state index in [0.717, 1.165) is 11.8 Å². The lowest BCUT2D eigenvalue weighted by Gasteiger charge is -2.04. The van der Waals surface area contributed by atoms with E-state index in [1.807, 2.05) is 37.3 Å². The SMILES string of the molecule is CC1(c2ccccc2)OC1/C=C/C=O. The fourth-order valence-electron chi connectivity index (χ4n) is 1.60. The van der Waals surface area contributed by atoms with Crippen molar-refractivity contribution in [3.05, 3.63) is 48.0 Å². The lowest BCUT2D eigenvalue weighted by Crippen LogP contribution is -2.05. The van der Waals surface area contributed by atoms with Crippen LogP contribution in [0, 0.1) is 0 Å². The van der Waals surface area contributed by atoms with Gasteiger partial charge in [-0.25, -0.2) is 0 Å². The maximum Gasteiger partial charge on any atom is 0.142 e. The lowest BCUT2D eigenvalue weighted by molar-refractivity contribution is -0.104. The van der Waals surface area contributed by atoms with Crippen LogP contribution >= 0.6 is 0 Å². The number of epoxide rings is 1. The zero-order chi connectivity index (χ0) is 10.0. The molecule has 2 heteroatoms. The molecule has 1 aromatic rings. The Morgan fingerprint density at radius 3 is 2.71 bits per heavy atom. The van der Waals surface area contributed by atoms with Crippen LogP contribution in [0.15, 0.2) is 42.5 Å². The summed E-state index contributed by atoms with van der Waals surface area (Å²) in [5, 5.41) is 0. The van der Waals surface area contributed by atoms with Gasteiger partial charge in [0.25, 0.3) is 0 Å². The minimum Gasteiger partial charge on any atom is -0.357 e. The van der Waals surface area contributed by atoms with E-state index in [1.165, 1.54) is 6.08 Å². The maximum absolute atomic E-state index is 10.1. The Labute approximate surface area is 83.2 Å². The molecule has 1 fully saturated rings. The largest absolute Gasteiger partial charge is 0.357 e. The number of carbonyl (C=O) groups is 1. The summed E-state index contributed by atoms with van der Waals surface area (Å²) in [6.45, 7) is 2.03. The van der Waals surface area contributed by atoms with Gasteiger partial charge < -0.3 is 4.74 Å². The van der Waals surface area contributed by atoms with Gasteiger partial charge in [0.15, 0.2) is 0 Å². The average Bonchev–Trinajstić information content (AvgIpc) is 2.90. The number of hydrogen-bond donors (Lipinski definition) is 0. The second-order valence-corrected chi connectivity index (χ2v) is 3.53. The van der Waals surface area contributed by atoms with Crippen LogP contribution in [0.3, 0.4) is 0 Å². The Morgan fingerprint density at radius 2 is 2.07 bits per heavy atom. The molecule has 0 spiro atoms. The van der Waals surface area contributed by atoms with E-state index in [4.69, 9.17) is 4.74 Å². The molecule has 0 aromatic heterocycles. The molecule has 0 N–H and O–H groups in total. The molecule has 2 nitrogen and oxygen atoms in total. The van der Waals surface area contributed by atoms with Crippen molar-refractivity contribution in [1.29, 1.82) is 0 Å². The van der Waals surface area contributed by atoms with Crippen molar-refractivity contribution < 1.29 is 9.53 Å². The minimum atomic E-state index is -0.235. The summed E-state index contributed by atoms with van der Waals surface area (Å²) in [5.41, 5.74) is 0.918. The van der Waals surface area contributed by atoms with Gasteiger partial charge in [0.05, 0.1) is 0 Å². The molecule has 72 valence electrons. The summed E-state index contributed by atoms with van der Waals surface area (Å²) in [7, 11) is 0. The Balaban J connectivity index is 2.14. The van der Waals surface area contributed by atoms with E-state index < -0.39 is 0 Å². The Hall–Kier alpha value is -1.41. The third kappa shape index (κ3) is 1.49. The molecule has 2 unspecified atom stereocenters. The highest BCUT2D eigenvalue weighted by atomic mass is 16.6. The highest BCUT2D eigenvalue weighted by Gasteiger charge is 2.51. The highest BCUT2D eigenvalue weighted by molar-refractivity contribution is 5.65. The van der Waals surface area contributed by atoms with E-state index in [9.17, 15) is 4.79 Å². The van der Waals surface area contributed by atoms with E-state index in [-0.39, 0.29) is 11.7 Å². The molecule has 1 heterocycles. The number of aldehydes is 1. The van der Waals surface area contributed by atoms with Gasteiger partial charge in [-0.05, 0) is 24.6 Å². The Kier molecular flexibility index (Phi) is 2.22. The van der Waals surface area contributed by atoms with Crippen LogP contribution in [0.25, 0.3) is 0 Å². The highest BCUT2D eigenvalue weighted by Crippen LogP contribution is 2.46. The fourth-order valence-corrected chi connectivity index (χ4v) is 1.60. The quantitative estimate of drug-likeness (QED) is 0.413. The molecule has 0 saturated carbocycles. The van der Waals surface area contributed by atoms with Crippen LogP contribution in [-0.4, -0.2) is 12.4 Å². The number of allylic oxidation sites excluding steroid dienone is 1. The molecule has 2 rings (SSSR count). The standard InChI is InChI=1S/C12H12O2/c1-12(10-6-3-2-4-7-10)11(14-12)8-5-9-13/h2-9,11H,1H3/b8-5+. The number of benzene rings is 1. The summed E-state index contributed by atoms with van der Waals surface area (Å²) in [5.74, 6) is 0. The van der Waals surface area contributed by atoms with Gasteiger partial charge in [-0.2, -0.15) is 0 Å². The Bertz CT molecular complexity index is 356. The average molecular weight is 188 g/mol. The molecule has 2 atom stereocenters. The molecule has 1 aromatic carbocycles. The summed E-state index contributed by atoms with van der Waals surface area (Å²) in [4.78, 5) is 10.1. The van der Waals surface area contributed by atoms with Gasteiger partial charge in [0, 0.05) is 0 Å². The topological polar surface area (TPSA) is 29.6 Å². The van der Waals surface area contributed by atoms with Gasteiger partial charge in [0.2, 0.25) is 0 Å². The summed E-state index contributed by atoms with van der Waals surface area (Å²) in [6.07, 6.45) is 4.08. The predicted molar refractivity (Wildman–Crippen MR) is 53.9 cm³/mol. The van der Waals surface area contributed by atoms with Crippen LogP contribution in [0.4, 0.5) is 0 Å². The van der Waals surface area contributed by atoms with Crippen molar-refractivity contribution in [1.82, 2.24) is 0 Å². The van der Waals surface area contributed by atoms with Crippen molar-refractivity contribution >= 4 is 6.29 Å². The summed E-state index contributed by atoms with van der Waals surface area (Å²) >= 11 is 0. The lowest BCUT2D eigenvalue weighted by atomic mass is 9.97. The van der Waals surface area contributed by atoms with Gasteiger partial charge in [-0.15, -0.1) is 0 Å². The van der Waals surface area contributed by atoms with Crippen LogP contribution in [-0.2, 0) is 15.1 Å². The molecular formula is C12H12O2. The second kappa shape index (κ2) is 3.39. The van der Waals surface area contributed by atoms with Crippen LogP contribution < -0.4 is 0 Å². The molecular weight excluding hydrogens is 176 g/mol. The first kappa shape index (κ1) is 9.16. The van der Waals surface area contributed by atoms with Gasteiger partial charge in [-0.1, -0.05) is 30.3 Å². The molecule has 0 radical (unpaired) electrons. The first-order valence-corrected chi connectivity index (χ1v) is 4.62. The zero-order valence-electron chi connectivity index (χ0n) is 8.01. The smallest absolute Gasteiger partial charge is 0.142 e. The van der Waals surface area contributed by atoms with Crippen molar-refractivity contribution in [2.24, 2.45) is 0 Å². The second-order valence-electron chi connectivity index (χ2n) is 3.53. The zero-order valence-corrected chi connectivity index (χ0v) is 8.01. The van der Waals surface area contributed by atoms with Crippen molar-refractivity contribution in [3.8, 4) is 0 Å². The van der Waals surface area contributed by atoms with E-state index in [2.05, 4.69) is 0 Å². The van der Waals surface area contributed by atoms with Crippen LogP contribution in [0.1, 0.15) is 12.5 Å². The third-order valence-corrected chi connectivity index (χ3v) is 2.57. The van der Waals surface area contributed by atoms with Gasteiger partial charge >= 0.3 is 0 Å². The monoisotopic (exact) mass is 188 g/mol. The molecule has 0 amide bonds. The van der Waals surface area contributed by atoms with Crippen molar-refractivity contribution in [2.45, 2.75) is 18.6 Å². The van der Waals surface area contributed by atoms with E-state index >= 15 is 0 Å². The first-order chi connectivity index (χ1) is 6.77. The van der Waals surface area contributed by atoms with Crippen LogP contribution in [0.5, 0.6) is 0 Å². The maximum atomic E-state index is 10.1. The molecule has 1 saturated heterocycles. The number of rotatable bonds is 3. The van der Waals surface area contributed by atoms with Gasteiger partial charge in [-0.3, -0.25) is 4.79 Å². The van der Waals surface area contributed by atoms with E-state index in [1.54, 1.807) is 6.08 Å². The number of hydrogen-bond acceptors (Lipinski definition) is 2. The first-order valence-electron chi connectivity index (χ1n) is 4.62. The molecule has 1 aliphatic rings. The molecule has 1 aliphatic heterocycles. The van der Waals surface area contributed by atoms with Gasteiger partial charge in [0.1, 0.15) is 18.0 Å². The molecule has 0 aliphatic carbocycles. The fraction of sp³-hybridized carbons (Fsp3) is 0.250. The normalized spacial score (nSPS) is 30.5. The summed E-state index contributed by atoms with van der Waals surface area (Å²) < 4.78 is 5.55. The number of ether oxygens (including phenoxy) is 1. The summed E-state index contributed by atoms with van der Waals surface area (Å²) in [6, 6.07) is 10.0. The third-order valence-electron chi connectivity index (χ3n) is 2.57.